The first kappa shape index (κ1) is 11.8. The number of thiophene rings is 1. The van der Waals surface area contributed by atoms with Crippen LogP contribution in [0.3, 0.4) is 0 Å². The summed E-state index contributed by atoms with van der Waals surface area (Å²) in [4.78, 5) is 3.85. The smallest absolute Gasteiger partial charge is 0.114 e. The van der Waals surface area contributed by atoms with Gasteiger partial charge in [-0.3, -0.25) is 0 Å². The molecule has 0 aliphatic heterocycles. The summed E-state index contributed by atoms with van der Waals surface area (Å²) in [6.07, 6.45) is 1.73. The van der Waals surface area contributed by atoms with Crippen LogP contribution in [0, 0.1) is 13.8 Å². The van der Waals surface area contributed by atoms with E-state index in [9.17, 15) is 0 Å². The van der Waals surface area contributed by atoms with E-state index in [-0.39, 0.29) is 0 Å². The maximum atomic E-state index is 5.84. The van der Waals surface area contributed by atoms with Gasteiger partial charge in [-0.05, 0) is 32.0 Å². The summed E-state index contributed by atoms with van der Waals surface area (Å²) in [6.45, 7) is 4.75. The van der Waals surface area contributed by atoms with Crippen molar-refractivity contribution in [3.8, 4) is 0 Å². The highest BCUT2D eigenvalue weighted by atomic mass is 32.2. The standard InChI is InChI=1S/C12H15NOS2/c1-8-3-4-11(15-8)12(7-13)16-10-5-6-14-9(10)2/h3-6,12H,7,13H2,1-2H3. The molecule has 0 bridgehead atoms. The van der Waals surface area contributed by atoms with E-state index in [0.29, 0.717) is 11.8 Å². The molecule has 0 aromatic carbocycles. The van der Waals surface area contributed by atoms with E-state index in [1.54, 1.807) is 18.0 Å². The molecule has 2 aromatic rings. The molecule has 2 rings (SSSR count). The molecule has 2 nitrogen and oxygen atoms in total. The van der Waals surface area contributed by atoms with Gasteiger partial charge < -0.3 is 10.2 Å². The van der Waals surface area contributed by atoms with Crippen LogP contribution >= 0.6 is 23.1 Å². The Morgan fingerprint density at radius 3 is 2.69 bits per heavy atom. The van der Waals surface area contributed by atoms with Gasteiger partial charge in [-0.2, -0.15) is 0 Å². The van der Waals surface area contributed by atoms with E-state index in [1.165, 1.54) is 14.6 Å². The molecular weight excluding hydrogens is 238 g/mol. The van der Waals surface area contributed by atoms with Crippen molar-refractivity contribution in [2.45, 2.75) is 24.0 Å². The molecule has 0 fully saturated rings. The summed E-state index contributed by atoms with van der Waals surface area (Å²) >= 11 is 3.60. The number of hydrogen-bond acceptors (Lipinski definition) is 4. The SMILES string of the molecule is Cc1ccc(C(CN)Sc2ccoc2C)s1. The van der Waals surface area contributed by atoms with E-state index in [0.717, 1.165) is 5.76 Å². The fourth-order valence-corrected chi connectivity index (χ4v) is 3.60. The summed E-state index contributed by atoms with van der Waals surface area (Å²) in [6, 6.07) is 6.31. The van der Waals surface area contributed by atoms with Crippen molar-refractivity contribution >= 4 is 23.1 Å². The normalized spacial score (nSPS) is 12.9. The van der Waals surface area contributed by atoms with Crippen LogP contribution in [0.5, 0.6) is 0 Å². The average Bonchev–Trinajstić information content (AvgIpc) is 2.85. The van der Waals surface area contributed by atoms with E-state index >= 15 is 0 Å². The third-order valence-corrected chi connectivity index (χ3v) is 5.04. The summed E-state index contributed by atoms with van der Waals surface area (Å²) in [5.41, 5.74) is 5.84. The molecule has 4 heteroatoms. The molecule has 0 radical (unpaired) electrons. The Labute approximate surface area is 104 Å². The zero-order valence-corrected chi connectivity index (χ0v) is 11.0. The fourth-order valence-electron chi connectivity index (χ4n) is 1.50. The molecule has 0 saturated carbocycles. The zero-order chi connectivity index (χ0) is 11.5. The maximum Gasteiger partial charge on any atom is 0.114 e. The van der Waals surface area contributed by atoms with Crippen LogP contribution in [-0.4, -0.2) is 6.54 Å². The van der Waals surface area contributed by atoms with Crippen molar-refractivity contribution in [1.29, 1.82) is 0 Å². The Bertz CT molecular complexity index is 461. The molecule has 86 valence electrons. The second kappa shape index (κ2) is 5.08. The van der Waals surface area contributed by atoms with Gasteiger partial charge in [0.05, 0.1) is 11.5 Å². The first-order chi connectivity index (χ1) is 7.70. The molecular formula is C12H15NOS2. The Morgan fingerprint density at radius 1 is 1.38 bits per heavy atom. The lowest BCUT2D eigenvalue weighted by molar-refractivity contribution is 0.527. The lowest BCUT2D eigenvalue weighted by Crippen LogP contribution is -2.07. The summed E-state index contributed by atoms with van der Waals surface area (Å²) in [7, 11) is 0. The van der Waals surface area contributed by atoms with Crippen LogP contribution in [0.15, 0.2) is 33.8 Å². The van der Waals surface area contributed by atoms with Crippen molar-refractivity contribution in [2.24, 2.45) is 5.73 Å². The summed E-state index contributed by atoms with van der Waals surface area (Å²) < 4.78 is 5.29. The van der Waals surface area contributed by atoms with Crippen molar-refractivity contribution in [2.75, 3.05) is 6.54 Å². The van der Waals surface area contributed by atoms with Crippen molar-refractivity contribution in [3.05, 3.63) is 40.0 Å². The van der Waals surface area contributed by atoms with Gasteiger partial charge in [0, 0.05) is 21.2 Å². The Balaban J connectivity index is 2.15. The fraction of sp³-hybridized carbons (Fsp3) is 0.333. The first-order valence-corrected chi connectivity index (χ1v) is 6.87. The van der Waals surface area contributed by atoms with Gasteiger partial charge in [0.1, 0.15) is 5.76 Å². The number of furan rings is 1. The van der Waals surface area contributed by atoms with E-state index < -0.39 is 0 Å². The highest BCUT2D eigenvalue weighted by Crippen LogP contribution is 2.39. The molecule has 2 N–H and O–H groups in total. The lowest BCUT2D eigenvalue weighted by atomic mass is 10.3. The van der Waals surface area contributed by atoms with Crippen LogP contribution in [0.2, 0.25) is 0 Å². The third-order valence-electron chi connectivity index (χ3n) is 2.37. The molecule has 2 aromatic heterocycles. The number of hydrogen-bond donors (Lipinski definition) is 1. The van der Waals surface area contributed by atoms with Crippen molar-refractivity contribution in [1.82, 2.24) is 0 Å². The largest absolute Gasteiger partial charge is 0.468 e. The quantitative estimate of drug-likeness (QED) is 0.843. The van der Waals surface area contributed by atoms with Gasteiger partial charge in [-0.1, -0.05) is 0 Å². The molecule has 16 heavy (non-hydrogen) atoms. The number of thioether (sulfide) groups is 1. The van der Waals surface area contributed by atoms with E-state index in [1.807, 2.05) is 24.3 Å². The van der Waals surface area contributed by atoms with Crippen molar-refractivity contribution < 1.29 is 4.42 Å². The average molecular weight is 253 g/mol. The van der Waals surface area contributed by atoms with E-state index in [4.69, 9.17) is 10.2 Å². The van der Waals surface area contributed by atoms with Crippen LogP contribution in [0.25, 0.3) is 0 Å². The topological polar surface area (TPSA) is 39.2 Å². The van der Waals surface area contributed by atoms with Gasteiger partial charge in [0.2, 0.25) is 0 Å². The lowest BCUT2D eigenvalue weighted by Gasteiger charge is -2.11. The van der Waals surface area contributed by atoms with Gasteiger partial charge in [-0.25, -0.2) is 0 Å². The Morgan fingerprint density at radius 2 is 2.19 bits per heavy atom. The number of rotatable bonds is 4. The first-order valence-electron chi connectivity index (χ1n) is 5.18. The van der Waals surface area contributed by atoms with Crippen LogP contribution in [-0.2, 0) is 0 Å². The molecule has 2 heterocycles. The zero-order valence-electron chi connectivity index (χ0n) is 9.40. The highest BCUT2D eigenvalue weighted by Gasteiger charge is 2.15. The third kappa shape index (κ3) is 2.51. The molecule has 0 spiro atoms. The minimum atomic E-state index is 0.329. The van der Waals surface area contributed by atoms with Crippen LogP contribution in [0.4, 0.5) is 0 Å². The highest BCUT2D eigenvalue weighted by molar-refractivity contribution is 7.99. The number of nitrogens with two attached hydrogens (primary N) is 1. The molecule has 0 aliphatic carbocycles. The number of aryl methyl sites for hydroxylation is 2. The maximum absolute atomic E-state index is 5.84. The predicted molar refractivity (Wildman–Crippen MR) is 70.2 cm³/mol. The van der Waals surface area contributed by atoms with Crippen LogP contribution in [0.1, 0.15) is 20.8 Å². The Kier molecular flexibility index (Phi) is 3.74. The molecule has 1 unspecified atom stereocenters. The summed E-state index contributed by atoms with van der Waals surface area (Å²) in [5.74, 6) is 0.969. The minimum Gasteiger partial charge on any atom is -0.468 e. The van der Waals surface area contributed by atoms with Gasteiger partial charge >= 0.3 is 0 Å². The van der Waals surface area contributed by atoms with Gasteiger partial charge in [0.15, 0.2) is 0 Å². The molecule has 0 amide bonds. The van der Waals surface area contributed by atoms with Crippen LogP contribution < -0.4 is 5.73 Å². The molecule has 0 saturated heterocycles. The van der Waals surface area contributed by atoms with E-state index in [2.05, 4.69) is 19.1 Å². The van der Waals surface area contributed by atoms with Gasteiger partial charge in [-0.15, -0.1) is 23.1 Å². The van der Waals surface area contributed by atoms with Gasteiger partial charge in [0.25, 0.3) is 0 Å². The molecule has 1 atom stereocenters. The Hall–Kier alpha value is -0.710. The van der Waals surface area contributed by atoms with Crippen molar-refractivity contribution in [3.63, 3.8) is 0 Å². The second-order valence-electron chi connectivity index (χ2n) is 3.63. The minimum absolute atomic E-state index is 0.329. The second-order valence-corrected chi connectivity index (χ2v) is 6.20. The molecule has 0 aliphatic rings. The summed E-state index contributed by atoms with van der Waals surface area (Å²) in [5, 5.41) is 0.329. The predicted octanol–water partition coefficient (Wildman–Crippen LogP) is 3.75. The monoisotopic (exact) mass is 253 g/mol.